The van der Waals surface area contributed by atoms with Crippen LogP contribution in [0.1, 0.15) is 48.6 Å². The quantitative estimate of drug-likeness (QED) is 0.484. The lowest BCUT2D eigenvalue weighted by Gasteiger charge is -2.23. The van der Waals surface area contributed by atoms with Gasteiger partial charge in [0.2, 0.25) is 11.6 Å². The van der Waals surface area contributed by atoms with Gasteiger partial charge >= 0.3 is 0 Å². The van der Waals surface area contributed by atoms with Gasteiger partial charge in [-0.25, -0.2) is 9.83 Å². The number of pyridine rings is 1. The van der Waals surface area contributed by atoms with Crippen molar-refractivity contribution in [2.24, 2.45) is 5.73 Å². The van der Waals surface area contributed by atoms with Gasteiger partial charge in [-0.1, -0.05) is 62.4 Å². The summed E-state index contributed by atoms with van der Waals surface area (Å²) in [6.07, 6.45) is 2.51. The third-order valence-corrected chi connectivity index (χ3v) is 5.86. The molecule has 0 aliphatic rings. The van der Waals surface area contributed by atoms with Crippen LogP contribution >= 0.6 is 11.8 Å². The monoisotopic (exact) mass is 407 g/mol. The van der Waals surface area contributed by atoms with Crippen LogP contribution in [-0.4, -0.2) is 24.5 Å². The number of nitrogens with zero attached hydrogens (tertiary/aromatic N) is 4. The summed E-state index contributed by atoms with van der Waals surface area (Å²) in [5, 5.41) is 9.57. The highest BCUT2D eigenvalue weighted by Crippen LogP contribution is 2.42. The van der Waals surface area contributed by atoms with E-state index >= 15 is 0 Å². The molecule has 2 rings (SSSR count). The maximum absolute atomic E-state index is 12.2. The Morgan fingerprint density at radius 2 is 2.07 bits per heavy atom. The summed E-state index contributed by atoms with van der Waals surface area (Å²) < 4.78 is 0. The zero-order valence-electron chi connectivity index (χ0n) is 17.0. The van der Waals surface area contributed by atoms with Crippen LogP contribution in [0, 0.1) is 17.9 Å². The summed E-state index contributed by atoms with van der Waals surface area (Å²) in [7, 11) is 1.90. The van der Waals surface area contributed by atoms with Crippen LogP contribution in [0.3, 0.4) is 0 Å². The first-order chi connectivity index (χ1) is 14.0. The molecule has 0 saturated carbocycles. The predicted octanol–water partition coefficient (Wildman–Crippen LogP) is 4.62. The van der Waals surface area contributed by atoms with Crippen LogP contribution in [0.5, 0.6) is 0 Å². The Balaban J connectivity index is 2.62. The average Bonchev–Trinajstić information content (AvgIpc) is 2.74. The fourth-order valence-electron chi connectivity index (χ4n) is 3.05. The van der Waals surface area contributed by atoms with Crippen molar-refractivity contribution in [2.45, 2.75) is 43.4 Å². The molecule has 0 aliphatic heterocycles. The molecule has 0 saturated heterocycles. The number of carbonyl (C=O) groups excluding carboxylic acids is 1. The van der Waals surface area contributed by atoms with E-state index in [-0.39, 0.29) is 0 Å². The van der Waals surface area contributed by atoms with Crippen LogP contribution in [0.15, 0.2) is 35.4 Å². The number of anilines is 1. The number of rotatable bonds is 9. The SMILES string of the molecule is [C-]#[N+]c1c(N(C)CCCC)nc(SC(C(N)=O)c2ccccc2)c(C#N)c1CC. The number of hydrogen-bond donors (Lipinski definition) is 1. The Morgan fingerprint density at radius 1 is 1.38 bits per heavy atom. The molecule has 1 amide bonds. The van der Waals surface area contributed by atoms with Gasteiger partial charge in [0.05, 0.1) is 12.1 Å². The van der Waals surface area contributed by atoms with Crippen molar-refractivity contribution in [2.75, 3.05) is 18.5 Å². The fourth-order valence-corrected chi connectivity index (χ4v) is 4.11. The average molecular weight is 408 g/mol. The standard InChI is InChI=1S/C22H25N5OS/c1-5-7-13-27(4)21-18(25-3)16(6-2)17(14-23)22(26-21)29-19(20(24)28)15-11-9-8-10-12-15/h8-12,19H,5-7,13H2,1-2,4H3,(H2,24,28). The summed E-state index contributed by atoms with van der Waals surface area (Å²) in [6, 6.07) is 11.4. The molecule has 1 aromatic heterocycles. The number of aromatic nitrogens is 1. The minimum atomic E-state index is -0.673. The first kappa shape index (κ1) is 22.3. The number of unbranched alkanes of at least 4 members (excludes halogenated alkanes) is 1. The van der Waals surface area contributed by atoms with E-state index in [1.165, 1.54) is 11.8 Å². The lowest BCUT2D eigenvalue weighted by Crippen LogP contribution is -2.22. The number of benzene rings is 1. The molecule has 0 spiro atoms. The van der Waals surface area contributed by atoms with Crippen molar-refractivity contribution in [3.8, 4) is 6.07 Å². The molecule has 0 fully saturated rings. The Labute approximate surface area is 176 Å². The third-order valence-electron chi connectivity index (χ3n) is 4.60. The summed E-state index contributed by atoms with van der Waals surface area (Å²) >= 11 is 1.17. The number of carbonyl (C=O) groups is 1. The van der Waals surface area contributed by atoms with Gasteiger partial charge in [0, 0.05) is 13.6 Å². The Bertz CT molecular complexity index is 946. The largest absolute Gasteiger partial charge is 0.368 e. The van der Waals surface area contributed by atoms with Gasteiger partial charge in [0.25, 0.3) is 0 Å². The number of primary amides is 1. The minimum absolute atomic E-state index is 0.346. The van der Waals surface area contributed by atoms with Crippen LogP contribution in [0.25, 0.3) is 4.85 Å². The van der Waals surface area contributed by atoms with Gasteiger partial charge in [-0.05, 0) is 24.0 Å². The third kappa shape index (κ3) is 5.07. The maximum Gasteiger partial charge on any atom is 0.235 e. The summed E-state index contributed by atoms with van der Waals surface area (Å²) in [5.41, 5.74) is 7.83. The second kappa shape index (κ2) is 10.5. The smallest absolute Gasteiger partial charge is 0.235 e. The molecule has 7 heteroatoms. The molecular formula is C22H25N5OS. The molecule has 2 N–H and O–H groups in total. The lowest BCUT2D eigenvalue weighted by molar-refractivity contribution is -0.117. The summed E-state index contributed by atoms with van der Waals surface area (Å²) in [4.78, 5) is 22.5. The van der Waals surface area contributed by atoms with Gasteiger partial charge in [-0.15, -0.1) is 0 Å². The topological polar surface area (TPSA) is 87.4 Å². The van der Waals surface area contributed by atoms with Gasteiger partial charge in [-0.3, -0.25) is 4.79 Å². The van der Waals surface area contributed by atoms with Gasteiger partial charge in [0.15, 0.2) is 0 Å². The van der Waals surface area contributed by atoms with Crippen LogP contribution in [0.4, 0.5) is 11.5 Å². The molecule has 1 unspecified atom stereocenters. The van der Waals surface area contributed by atoms with E-state index in [4.69, 9.17) is 12.3 Å². The molecule has 1 heterocycles. The molecule has 1 atom stereocenters. The predicted molar refractivity (Wildman–Crippen MR) is 117 cm³/mol. The zero-order valence-corrected chi connectivity index (χ0v) is 17.8. The van der Waals surface area contributed by atoms with Crippen LogP contribution < -0.4 is 10.6 Å². The molecule has 0 radical (unpaired) electrons. The van der Waals surface area contributed by atoms with Crippen molar-refractivity contribution < 1.29 is 4.79 Å². The summed E-state index contributed by atoms with van der Waals surface area (Å²) in [6.45, 7) is 12.4. The molecule has 1 aromatic carbocycles. The molecule has 150 valence electrons. The highest BCUT2D eigenvalue weighted by Gasteiger charge is 2.26. The highest BCUT2D eigenvalue weighted by atomic mass is 32.2. The van der Waals surface area contributed by atoms with E-state index in [0.29, 0.717) is 34.1 Å². The molecule has 2 aromatic rings. The number of hydrogen-bond acceptors (Lipinski definition) is 5. The lowest BCUT2D eigenvalue weighted by atomic mass is 10.1. The van der Waals surface area contributed by atoms with E-state index in [1.807, 2.05) is 49.2 Å². The molecule has 0 aliphatic carbocycles. The molecule has 6 nitrogen and oxygen atoms in total. The highest BCUT2D eigenvalue weighted by molar-refractivity contribution is 8.00. The van der Waals surface area contributed by atoms with E-state index in [0.717, 1.165) is 24.9 Å². The molecular weight excluding hydrogens is 382 g/mol. The fraction of sp³-hybridized carbons (Fsp3) is 0.364. The Hall–Kier alpha value is -3.03. The number of amides is 1. The van der Waals surface area contributed by atoms with Crippen LogP contribution in [-0.2, 0) is 11.2 Å². The van der Waals surface area contributed by atoms with E-state index in [2.05, 4.69) is 22.8 Å². The van der Waals surface area contributed by atoms with Crippen molar-refractivity contribution in [1.82, 2.24) is 4.98 Å². The second-order valence-corrected chi connectivity index (χ2v) is 7.70. The van der Waals surface area contributed by atoms with E-state index in [9.17, 15) is 10.1 Å². The van der Waals surface area contributed by atoms with Crippen molar-refractivity contribution in [3.05, 3.63) is 58.4 Å². The normalized spacial score (nSPS) is 11.3. The van der Waals surface area contributed by atoms with E-state index < -0.39 is 11.2 Å². The number of nitriles is 1. The zero-order chi connectivity index (χ0) is 21.4. The van der Waals surface area contributed by atoms with Gasteiger partial charge in [-0.2, -0.15) is 5.26 Å². The number of nitrogens with two attached hydrogens (primary N) is 1. The van der Waals surface area contributed by atoms with Gasteiger partial charge < -0.3 is 10.6 Å². The van der Waals surface area contributed by atoms with Crippen molar-refractivity contribution in [3.63, 3.8) is 0 Å². The first-order valence-corrected chi connectivity index (χ1v) is 10.4. The Kier molecular flexibility index (Phi) is 8.06. The maximum atomic E-state index is 12.2. The van der Waals surface area contributed by atoms with E-state index in [1.54, 1.807) is 0 Å². The Morgan fingerprint density at radius 3 is 2.59 bits per heavy atom. The van der Waals surface area contributed by atoms with Crippen molar-refractivity contribution in [1.29, 1.82) is 5.26 Å². The second-order valence-electron chi connectivity index (χ2n) is 6.61. The first-order valence-electron chi connectivity index (χ1n) is 9.54. The minimum Gasteiger partial charge on any atom is -0.368 e. The van der Waals surface area contributed by atoms with Gasteiger partial charge in [0.1, 0.15) is 22.2 Å². The molecule has 0 bridgehead atoms. The van der Waals surface area contributed by atoms with Crippen LogP contribution in [0.2, 0.25) is 0 Å². The summed E-state index contributed by atoms with van der Waals surface area (Å²) in [5.74, 6) is 0.0446. The molecule has 29 heavy (non-hydrogen) atoms. The number of thioether (sulfide) groups is 1. The van der Waals surface area contributed by atoms with Crippen molar-refractivity contribution >= 4 is 29.2 Å².